The van der Waals surface area contributed by atoms with Gasteiger partial charge in [0.15, 0.2) is 0 Å². The highest BCUT2D eigenvalue weighted by Crippen LogP contribution is 2.12. The van der Waals surface area contributed by atoms with Crippen molar-refractivity contribution >= 4 is 17.6 Å². The lowest BCUT2D eigenvalue weighted by molar-refractivity contribution is 0.0975. The number of aryl methyl sites for hydroxylation is 1. The molecule has 1 amide bonds. The predicted octanol–water partition coefficient (Wildman–Crippen LogP) is 3.37. The van der Waals surface area contributed by atoms with Gasteiger partial charge in [-0.2, -0.15) is 0 Å². The fourth-order valence-electron chi connectivity index (χ4n) is 2.63. The summed E-state index contributed by atoms with van der Waals surface area (Å²) in [5, 5.41) is 6.05. The summed E-state index contributed by atoms with van der Waals surface area (Å²) >= 11 is 0. The molecule has 0 saturated carbocycles. The van der Waals surface area contributed by atoms with Crippen molar-refractivity contribution in [2.75, 3.05) is 18.5 Å². The van der Waals surface area contributed by atoms with Gasteiger partial charge in [0.2, 0.25) is 5.96 Å². The third-order valence-electron chi connectivity index (χ3n) is 4.06. The molecule has 0 aromatic heterocycles. The van der Waals surface area contributed by atoms with Crippen molar-refractivity contribution < 1.29 is 9.53 Å². The van der Waals surface area contributed by atoms with Gasteiger partial charge in [0.1, 0.15) is 0 Å². The average Bonchev–Trinajstić information content (AvgIpc) is 3.14. The number of carbonyl (C=O) groups excluding carboxylic acids is 1. The maximum absolute atomic E-state index is 12.5. The van der Waals surface area contributed by atoms with E-state index in [4.69, 9.17) is 4.74 Å². The van der Waals surface area contributed by atoms with E-state index in [0.29, 0.717) is 18.1 Å². The van der Waals surface area contributed by atoms with E-state index in [-0.39, 0.29) is 12.0 Å². The van der Waals surface area contributed by atoms with Crippen LogP contribution in [0.5, 0.6) is 0 Å². The lowest BCUT2D eigenvalue weighted by Gasteiger charge is -2.13. The van der Waals surface area contributed by atoms with Crippen molar-refractivity contribution in [3.05, 3.63) is 65.7 Å². The van der Waals surface area contributed by atoms with Crippen LogP contribution in [0.4, 0.5) is 5.69 Å². The number of amides is 1. The van der Waals surface area contributed by atoms with Crippen molar-refractivity contribution in [2.45, 2.75) is 25.9 Å². The van der Waals surface area contributed by atoms with Crippen LogP contribution >= 0.6 is 0 Å². The Morgan fingerprint density at radius 3 is 2.60 bits per heavy atom. The molecular formula is C20H23N3O2. The zero-order chi connectivity index (χ0) is 17.5. The standard InChI is InChI=1S/C20H23N3O2/c1-15-9-11-16(12-10-15)19(24)23-20(21-14-18-8-5-13-25-18)22-17-6-3-2-4-7-17/h2-4,6-7,9-12,18H,5,8,13-14H2,1H3,(H2,21,22,23,24)/t18-/m1/s1. The number of rotatable bonds is 4. The molecule has 0 radical (unpaired) electrons. The molecule has 1 heterocycles. The Balaban J connectivity index is 1.71. The second kappa shape index (κ2) is 8.44. The van der Waals surface area contributed by atoms with Crippen molar-refractivity contribution in [1.29, 1.82) is 0 Å². The molecule has 2 aromatic rings. The number of ether oxygens (including phenoxy) is 1. The lowest BCUT2D eigenvalue weighted by atomic mass is 10.1. The van der Waals surface area contributed by atoms with Crippen LogP contribution in [0.15, 0.2) is 59.6 Å². The molecular weight excluding hydrogens is 314 g/mol. The number of guanidine groups is 1. The summed E-state index contributed by atoms with van der Waals surface area (Å²) in [6, 6.07) is 17.1. The Labute approximate surface area is 148 Å². The highest BCUT2D eigenvalue weighted by molar-refractivity contribution is 6.09. The second-order valence-corrected chi connectivity index (χ2v) is 6.14. The van der Waals surface area contributed by atoms with E-state index in [9.17, 15) is 4.79 Å². The van der Waals surface area contributed by atoms with Crippen molar-refractivity contribution in [3.8, 4) is 0 Å². The number of carbonyl (C=O) groups is 1. The second-order valence-electron chi connectivity index (χ2n) is 6.14. The molecule has 5 heteroatoms. The van der Waals surface area contributed by atoms with Gasteiger partial charge < -0.3 is 10.1 Å². The van der Waals surface area contributed by atoms with E-state index in [1.807, 2.05) is 61.5 Å². The van der Waals surface area contributed by atoms with Crippen LogP contribution in [0.3, 0.4) is 0 Å². The Morgan fingerprint density at radius 1 is 1.16 bits per heavy atom. The van der Waals surface area contributed by atoms with Gasteiger partial charge in [-0.1, -0.05) is 35.9 Å². The fraction of sp³-hybridized carbons (Fsp3) is 0.300. The molecule has 2 N–H and O–H groups in total. The van der Waals surface area contributed by atoms with E-state index in [0.717, 1.165) is 30.7 Å². The summed E-state index contributed by atoms with van der Waals surface area (Å²) in [7, 11) is 0. The Hall–Kier alpha value is -2.66. The number of hydrogen-bond donors (Lipinski definition) is 2. The molecule has 5 nitrogen and oxygen atoms in total. The summed E-state index contributed by atoms with van der Waals surface area (Å²) in [6.07, 6.45) is 2.20. The predicted molar refractivity (Wildman–Crippen MR) is 100.0 cm³/mol. The quantitative estimate of drug-likeness (QED) is 0.664. The largest absolute Gasteiger partial charge is 0.376 e. The Kier molecular flexibility index (Phi) is 5.80. The number of anilines is 1. The van der Waals surface area contributed by atoms with Gasteiger partial charge in [0.05, 0.1) is 12.6 Å². The molecule has 25 heavy (non-hydrogen) atoms. The summed E-state index contributed by atoms with van der Waals surface area (Å²) in [6.45, 7) is 3.31. The van der Waals surface area contributed by atoms with Crippen LogP contribution in [0, 0.1) is 6.92 Å². The van der Waals surface area contributed by atoms with Crippen LogP contribution in [0.2, 0.25) is 0 Å². The van der Waals surface area contributed by atoms with Gasteiger partial charge >= 0.3 is 0 Å². The van der Waals surface area contributed by atoms with E-state index in [1.54, 1.807) is 0 Å². The zero-order valence-corrected chi connectivity index (χ0v) is 14.4. The summed E-state index contributed by atoms with van der Waals surface area (Å²) < 4.78 is 5.61. The number of benzene rings is 2. The highest BCUT2D eigenvalue weighted by atomic mass is 16.5. The van der Waals surface area contributed by atoms with Gasteiger partial charge in [-0.3, -0.25) is 10.1 Å². The molecule has 1 fully saturated rings. The van der Waals surface area contributed by atoms with Crippen molar-refractivity contribution in [3.63, 3.8) is 0 Å². The Bertz CT molecular complexity index is 720. The molecule has 1 aliphatic heterocycles. The van der Waals surface area contributed by atoms with E-state index in [1.165, 1.54) is 0 Å². The topological polar surface area (TPSA) is 62.7 Å². The molecule has 0 unspecified atom stereocenters. The maximum atomic E-state index is 12.5. The van der Waals surface area contributed by atoms with Gasteiger partial charge in [0.25, 0.3) is 5.91 Å². The molecule has 130 valence electrons. The zero-order valence-electron chi connectivity index (χ0n) is 14.4. The molecule has 1 aliphatic rings. The van der Waals surface area contributed by atoms with Crippen LogP contribution in [0.25, 0.3) is 0 Å². The van der Waals surface area contributed by atoms with Gasteiger partial charge in [0, 0.05) is 17.9 Å². The molecule has 3 rings (SSSR count). The first kappa shape index (κ1) is 17.2. The molecule has 1 saturated heterocycles. The lowest BCUT2D eigenvalue weighted by Crippen LogP contribution is -2.36. The van der Waals surface area contributed by atoms with Crippen LogP contribution in [-0.2, 0) is 4.74 Å². The number of hydrogen-bond acceptors (Lipinski definition) is 3. The van der Waals surface area contributed by atoms with Gasteiger partial charge in [-0.25, -0.2) is 4.99 Å². The highest BCUT2D eigenvalue weighted by Gasteiger charge is 2.16. The molecule has 1 atom stereocenters. The third kappa shape index (κ3) is 5.16. The number of nitrogens with zero attached hydrogens (tertiary/aromatic N) is 1. The monoisotopic (exact) mass is 337 g/mol. The fourth-order valence-corrected chi connectivity index (χ4v) is 2.63. The SMILES string of the molecule is Cc1ccc(C(=O)NC(=NC[C@H]2CCCO2)Nc2ccccc2)cc1. The average molecular weight is 337 g/mol. The molecule has 2 aromatic carbocycles. The minimum Gasteiger partial charge on any atom is -0.376 e. The van der Waals surface area contributed by atoms with Crippen molar-refractivity contribution in [2.24, 2.45) is 4.99 Å². The third-order valence-corrected chi connectivity index (χ3v) is 4.06. The summed E-state index contributed by atoms with van der Waals surface area (Å²) in [5.41, 5.74) is 2.59. The number of para-hydroxylation sites is 1. The molecule has 0 bridgehead atoms. The van der Waals surface area contributed by atoms with Crippen LogP contribution < -0.4 is 10.6 Å². The van der Waals surface area contributed by atoms with Crippen molar-refractivity contribution in [1.82, 2.24) is 5.32 Å². The number of aliphatic imine (C=N–C) groups is 1. The Morgan fingerprint density at radius 2 is 1.92 bits per heavy atom. The van der Waals surface area contributed by atoms with E-state index in [2.05, 4.69) is 15.6 Å². The van der Waals surface area contributed by atoms with E-state index < -0.39 is 0 Å². The maximum Gasteiger partial charge on any atom is 0.257 e. The summed E-state index contributed by atoms with van der Waals surface area (Å²) in [4.78, 5) is 17.0. The number of nitrogens with one attached hydrogen (secondary N) is 2. The van der Waals surface area contributed by atoms with Gasteiger partial charge in [-0.15, -0.1) is 0 Å². The van der Waals surface area contributed by atoms with E-state index >= 15 is 0 Å². The van der Waals surface area contributed by atoms with Gasteiger partial charge in [-0.05, 0) is 44.0 Å². The first-order valence-corrected chi connectivity index (χ1v) is 8.57. The smallest absolute Gasteiger partial charge is 0.257 e. The minimum atomic E-state index is -0.186. The molecule has 0 aliphatic carbocycles. The van der Waals surface area contributed by atoms with Crippen LogP contribution in [-0.4, -0.2) is 31.1 Å². The minimum absolute atomic E-state index is 0.129. The first-order chi connectivity index (χ1) is 12.2. The van der Waals surface area contributed by atoms with Crippen LogP contribution in [0.1, 0.15) is 28.8 Å². The normalized spacial score (nSPS) is 17.3. The summed E-state index contributed by atoms with van der Waals surface area (Å²) in [5.74, 6) is 0.252. The first-order valence-electron chi connectivity index (χ1n) is 8.57. The molecule has 0 spiro atoms.